The van der Waals surface area contributed by atoms with Crippen LogP contribution in [0.4, 0.5) is 0 Å². The summed E-state index contributed by atoms with van der Waals surface area (Å²) in [5, 5.41) is 12.8. The van der Waals surface area contributed by atoms with Crippen LogP contribution in [-0.4, -0.2) is 37.0 Å². The highest BCUT2D eigenvalue weighted by atomic mass is 16.5. The van der Waals surface area contributed by atoms with Crippen LogP contribution < -0.4 is 10.1 Å². The number of nitrogens with zero attached hydrogens (tertiary/aromatic N) is 2. The van der Waals surface area contributed by atoms with Gasteiger partial charge in [0, 0.05) is 32.6 Å². The van der Waals surface area contributed by atoms with Crippen molar-refractivity contribution < 1.29 is 9.53 Å². The van der Waals surface area contributed by atoms with Gasteiger partial charge < -0.3 is 15.0 Å². The van der Waals surface area contributed by atoms with Crippen molar-refractivity contribution in [1.82, 2.24) is 10.2 Å². The number of nitrogens with one attached hydrogen (secondary N) is 1. The molecule has 1 heterocycles. The normalized spacial score (nSPS) is 20.9. The molecule has 0 unspecified atom stereocenters. The Labute approximate surface area is 138 Å². The minimum absolute atomic E-state index is 0.163. The second-order valence-electron chi connectivity index (χ2n) is 6.06. The van der Waals surface area contributed by atoms with Crippen molar-refractivity contribution >= 4 is 5.91 Å². The number of carbonyl (C=O) groups excluding carboxylic acids is 1. The van der Waals surface area contributed by atoms with Gasteiger partial charge in [-0.05, 0) is 30.0 Å². The number of methoxy groups -OCH3 is 1. The molecule has 2 atom stereocenters. The Morgan fingerprint density at radius 1 is 1.52 bits per heavy atom. The number of amides is 1. The van der Waals surface area contributed by atoms with Crippen LogP contribution >= 0.6 is 0 Å². The molecule has 1 fully saturated rings. The topological polar surface area (TPSA) is 65.4 Å². The molecule has 1 saturated heterocycles. The second-order valence-corrected chi connectivity index (χ2v) is 6.06. The molecule has 1 aromatic carbocycles. The van der Waals surface area contributed by atoms with Crippen LogP contribution in [-0.2, 0) is 11.3 Å². The zero-order valence-corrected chi connectivity index (χ0v) is 14.1. The number of benzene rings is 1. The van der Waals surface area contributed by atoms with Gasteiger partial charge in [0.15, 0.2) is 0 Å². The maximum Gasteiger partial charge on any atom is 0.219 e. The summed E-state index contributed by atoms with van der Waals surface area (Å²) >= 11 is 0. The first-order valence-corrected chi connectivity index (χ1v) is 8.15. The molecule has 0 saturated carbocycles. The highest BCUT2D eigenvalue weighted by Gasteiger charge is 2.28. The SMILES string of the molecule is CC[C@H]1CN(C(C)=O)CC[C@@H]1NCc1ccc(OC)c(C#N)c1. The number of ether oxygens (including phenoxy) is 1. The summed E-state index contributed by atoms with van der Waals surface area (Å²) in [7, 11) is 1.57. The molecule has 1 aromatic rings. The lowest BCUT2D eigenvalue weighted by atomic mass is 9.89. The highest BCUT2D eigenvalue weighted by Crippen LogP contribution is 2.22. The van der Waals surface area contributed by atoms with Crippen molar-refractivity contribution in [2.45, 2.75) is 39.3 Å². The molecule has 2 rings (SSSR count). The molecule has 0 bridgehead atoms. The van der Waals surface area contributed by atoms with Gasteiger partial charge in [0.1, 0.15) is 11.8 Å². The number of nitriles is 1. The van der Waals surface area contributed by atoms with E-state index in [0.29, 0.717) is 23.3 Å². The van der Waals surface area contributed by atoms with Crippen LogP contribution in [0, 0.1) is 17.2 Å². The predicted molar refractivity (Wildman–Crippen MR) is 89.0 cm³/mol. The molecule has 23 heavy (non-hydrogen) atoms. The molecule has 1 amide bonds. The minimum atomic E-state index is 0.163. The van der Waals surface area contributed by atoms with Crippen molar-refractivity contribution in [3.8, 4) is 11.8 Å². The van der Waals surface area contributed by atoms with Crippen molar-refractivity contribution in [2.75, 3.05) is 20.2 Å². The Kier molecular flexibility index (Phi) is 6.00. The molecule has 124 valence electrons. The van der Waals surface area contributed by atoms with Crippen LogP contribution in [0.1, 0.15) is 37.8 Å². The predicted octanol–water partition coefficient (Wildman–Crippen LogP) is 2.30. The van der Waals surface area contributed by atoms with Gasteiger partial charge in [0.25, 0.3) is 0 Å². The molecular formula is C18H25N3O2. The molecule has 0 aliphatic carbocycles. The van der Waals surface area contributed by atoms with Gasteiger partial charge in [0.2, 0.25) is 5.91 Å². The van der Waals surface area contributed by atoms with Gasteiger partial charge in [-0.1, -0.05) is 19.4 Å². The van der Waals surface area contributed by atoms with E-state index >= 15 is 0 Å². The standard InChI is InChI=1S/C18H25N3O2/c1-4-15-12-21(13(2)22)8-7-17(15)20-11-14-5-6-18(23-3)16(9-14)10-19/h5-6,9,15,17,20H,4,7-8,11-12H2,1-3H3/t15-,17-/m0/s1. The largest absolute Gasteiger partial charge is 0.495 e. The monoisotopic (exact) mass is 315 g/mol. The maximum atomic E-state index is 11.5. The summed E-state index contributed by atoms with van der Waals surface area (Å²) in [6.45, 7) is 6.18. The first kappa shape index (κ1) is 17.3. The fourth-order valence-corrected chi connectivity index (χ4v) is 3.20. The Bertz CT molecular complexity index is 594. The fraction of sp³-hybridized carbons (Fsp3) is 0.556. The third-order valence-electron chi connectivity index (χ3n) is 4.66. The molecule has 5 nitrogen and oxygen atoms in total. The maximum absolute atomic E-state index is 11.5. The van der Waals surface area contributed by atoms with E-state index in [1.54, 1.807) is 14.0 Å². The number of rotatable bonds is 5. The Morgan fingerprint density at radius 2 is 2.30 bits per heavy atom. The van der Waals surface area contributed by atoms with E-state index in [1.807, 2.05) is 23.1 Å². The summed E-state index contributed by atoms with van der Waals surface area (Å²) in [5.41, 5.74) is 1.64. The van der Waals surface area contributed by atoms with Crippen LogP contribution in [0.25, 0.3) is 0 Å². The van der Waals surface area contributed by atoms with E-state index < -0.39 is 0 Å². The van der Waals surface area contributed by atoms with Gasteiger partial charge in [-0.3, -0.25) is 4.79 Å². The quantitative estimate of drug-likeness (QED) is 0.905. The molecule has 5 heteroatoms. The molecule has 0 spiro atoms. The van der Waals surface area contributed by atoms with Gasteiger partial charge >= 0.3 is 0 Å². The van der Waals surface area contributed by atoms with Crippen LogP contribution in [0.5, 0.6) is 5.75 Å². The molecule has 1 aliphatic rings. The molecule has 0 radical (unpaired) electrons. The van der Waals surface area contributed by atoms with Crippen molar-refractivity contribution in [3.05, 3.63) is 29.3 Å². The zero-order valence-electron chi connectivity index (χ0n) is 14.1. The fourth-order valence-electron chi connectivity index (χ4n) is 3.20. The Hall–Kier alpha value is -2.06. The summed E-state index contributed by atoms with van der Waals surface area (Å²) < 4.78 is 5.17. The minimum Gasteiger partial charge on any atom is -0.495 e. The van der Waals surface area contributed by atoms with Gasteiger partial charge in [-0.25, -0.2) is 0 Å². The van der Waals surface area contributed by atoms with Gasteiger partial charge in [-0.15, -0.1) is 0 Å². The lowest BCUT2D eigenvalue weighted by Crippen LogP contribution is -2.50. The molecule has 0 aromatic heterocycles. The van der Waals surface area contributed by atoms with Crippen molar-refractivity contribution in [3.63, 3.8) is 0 Å². The third-order valence-corrected chi connectivity index (χ3v) is 4.66. The van der Waals surface area contributed by atoms with Crippen molar-refractivity contribution in [1.29, 1.82) is 5.26 Å². The summed E-state index contributed by atoms with van der Waals surface area (Å²) in [4.78, 5) is 13.5. The van der Waals surface area contributed by atoms with E-state index in [9.17, 15) is 4.79 Å². The second kappa shape index (κ2) is 7.98. The smallest absolute Gasteiger partial charge is 0.219 e. The lowest BCUT2D eigenvalue weighted by molar-refractivity contribution is -0.131. The summed E-state index contributed by atoms with van der Waals surface area (Å²) in [5.74, 6) is 1.24. The van der Waals surface area contributed by atoms with E-state index in [2.05, 4.69) is 18.3 Å². The molecule has 1 aliphatic heterocycles. The van der Waals surface area contributed by atoms with Crippen LogP contribution in [0.3, 0.4) is 0 Å². The first-order valence-electron chi connectivity index (χ1n) is 8.15. The number of piperidine rings is 1. The van der Waals surface area contributed by atoms with E-state index in [1.165, 1.54) is 0 Å². The zero-order chi connectivity index (χ0) is 16.8. The van der Waals surface area contributed by atoms with Crippen molar-refractivity contribution in [2.24, 2.45) is 5.92 Å². The highest BCUT2D eigenvalue weighted by molar-refractivity contribution is 5.73. The van der Waals surface area contributed by atoms with E-state index in [4.69, 9.17) is 10.00 Å². The average Bonchev–Trinajstić information content (AvgIpc) is 2.59. The summed E-state index contributed by atoms with van der Waals surface area (Å²) in [6.07, 6.45) is 2.02. The van der Waals surface area contributed by atoms with E-state index in [-0.39, 0.29) is 5.91 Å². The van der Waals surface area contributed by atoms with Crippen LogP contribution in [0.2, 0.25) is 0 Å². The lowest BCUT2D eigenvalue weighted by Gasteiger charge is -2.38. The molecule has 1 N–H and O–H groups in total. The number of carbonyl (C=O) groups is 1. The van der Waals surface area contributed by atoms with E-state index in [0.717, 1.165) is 38.0 Å². The Morgan fingerprint density at radius 3 is 2.91 bits per heavy atom. The number of likely N-dealkylation sites (tertiary alicyclic amines) is 1. The average molecular weight is 315 g/mol. The third kappa shape index (κ3) is 4.23. The van der Waals surface area contributed by atoms with Gasteiger partial charge in [0.05, 0.1) is 12.7 Å². The van der Waals surface area contributed by atoms with Gasteiger partial charge in [-0.2, -0.15) is 5.26 Å². The van der Waals surface area contributed by atoms with Crippen LogP contribution in [0.15, 0.2) is 18.2 Å². The Balaban J connectivity index is 1.98. The number of hydrogen-bond acceptors (Lipinski definition) is 4. The first-order chi connectivity index (χ1) is 11.1. The number of hydrogen-bond donors (Lipinski definition) is 1. The molecular weight excluding hydrogens is 290 g/mol. The summed E-state index contributed by atoms with van der Waals surface area (Å²) in [6, 6.07) is 8.27.